The van der Waals surface area contributed by atoms with Crippen LogP contribution in [0, 0.1) is 6.92 Å². The van der Waals surface area contributed by atoms with Gasteiger partial charge in [-0.05, 0) is 53.3 Å². The van der Waals surface area contributed by atoms with E-state index in [9.17, 15) is 23.2 Å². The Morgan fingerprint density at radius 1 is 0.879 bits per heavy atom. The minimum atomic E-state index is -4.46. The Balaban J connectivity index is 0.00000259. The molecule has 168 valence electrons. The van der Waals surface area contributed by atoms with Gasteiger partial charge in [0.1, 0.15) is 22.8 Å². The Morgan fingerprint density at radius 2 is 1.64 bits per heavy atom. The van der Waals surface area contributed by atoms with Crippen molar-refractivity contribution < 1.29 is 23.2 Å². The fraction of sp³-hybridized carbons (Fsp3) is 0.0417. The third-order valence-electron chi connectivity index (χ3n) is 5.53. The molecular formula is C24H19ClN2O5S. The number of H-pyrrole nitrogens is 1. The Bertz CT molecular complexity index is 1640. The van der Waals surface area contributed by atoms with Crippen LogP contribution in [0.25, 0.3) is 44.3 Å². The number of phenols is 2. The van der Waals surface area contributed by atoms with Crippen molar-refractivity contribution in [1.82, 2.24) is 9.97 Å². The zero-order valence-electron chi connectivity index (χ0n) is 17.3. The Labute approximate surface area is 195 Å². The van der Waals surface area contributed by atoms with Crippen LogP contribution in [0.2, 0.25) is 0 Å². The molecule has 0 aliphatic heterocycles. The van der Waals surface area contributed by atoms with Crippen LogP contribution in [0.5, 0.6) is 11.5 Å². The van der Waals surface area contributed by atoms with Crippen molar-refractivity contribution in [3.8, 4) is 34.0 Å². The van der Waals surface area contributed by atoms with Gasteiger partial charge in [0.15, 0.2) is 0 Å². The number of phenolic OH excluding ortho intramolecular Hbond substituents is 2. The summed E-state index contributed by atoms with van der Waals surface area (Å²) in [5, 5.41) is 21.9. The maximum Gasteiger partial charge on any atom is 0.294 e. The Kier molecular flexibility index (Phi) is 5.53. The van der Waals surface area contributed by atoms with Crippen LogP contribution in [0.3, 0.4) is 0 Å². The van der Waals surface area contributed by atoms with Crippen molar-refractivity contribution in [3.05, 3.63) is 72.3 Å². The number of imidazole rings is 1. The van der Waals surface area contributed by atoms with Crippen LogP contribution in [-0.4, -0.2) is 33.2 Å². The lowest BCUT2D eigenvalue weighted by atomic mass is 9.99. The fourth-order valence-electron chi connectivity index (χ4n) is 3.96. The first-order chi connectivity index (χ1) is 15.2. The molecule has 0 spiro atoms. The van der Waals surface area contributed by atoms with Crippen LogP contribution in [0.4, 0.5) is 0 Å². The summed E-state index contributed by atoms with van der Waals surface area (Å²) < 4.78 is 32.2. The number of nitrogens with zero attached hydrogens (tertiary/aromatic N) is 1. The molecule has 0 saturated carbocycles. The summed E-state index contributed by atoms with van der Waals surface area (Å²) in [6.45, 7) is 2.00. The minimum Gasteiger partial charge on any atom is -0.507 e. The summed E-state index contributed by atoms with van der Waals surface area (Å²) in [7, 11) is -4.46. The molecule has 0 bridgehead atoms. The van der Waals surface area contributed by atoms with Gasteiger partial charge in [-0.3, -0.25) is 4.55 Å². The van der Waals surface area contributed by atoms with E-state index in [1.165, 1.54) is 6.07 Å². The molecule has 1 aromatic heterocycles. The predicted molar refractivity (Wildman–Crippen MR) is 130 cm³/mol. The average molecular weight is 483 g/mol. The van der Waals surface area contributed by atoms with Crippen LogP contribution in [0.1, 0.15) is 5.56 Å². The van der Waals surface area contributed by atoms with E-state index < -0.39 is 15.0 Å². The average Bonchev–Trinajstić information content (AvgIpc) is 3.17. The first-order valence-electron chi connectivity index (χ1n) is 9.75. The summed E-state index contributed by atoms with van der Waals surface area (Å²) >= 11 is 0. The number of aryl methyl sites for hydroxylation is 1. The predicted octanol–water partition coefficient (Wildman–Crippen LogP) is 5.44. The second-order valence-electron chi connectivity index (χ2n) is 7.61. The van der Waals surface area contributed by atoms with E-state index >= 15 is 0 Å². The molecule has 0 atom stereocenters. The molecule has 4 N–H and O–H groups in total. The van der Waals surface area contributed by atoms with E-state index in [0.29, 0.717) is 33.2 Å². The molecule has 0 aliphatic rings. The highest BCUT2D eigenvalue weighted by molar-refractivity contribution is 7.85. The van der Waals surface area contributed by atoms with Crippen LogP contribution in [-0.2, 0) is 10.1 Å². The Hall–Kier alpha value is -3.59. The SMILES string of the molecule is Cc1ccccc1-c1ccc(-c2nc3c(ccc4cc(S(=O)(=O)O)cc(O)c43)[nH]2)c(O)c1.Cl. The van der Waals surface area contributed by atoms with Gasteiger partial charge < -0.3 is 15.2 Å². The van der Waals surface area contributed by atoms with E-state index in [4.69, 9.17) is 0 Å². The van der Waals surface area contributed by atoms with Gasteiger partial charge >= 0.3 is 0 Å². The topological polar surface area (TPSA) is 124 Å². The molecule has 7 nitrogen and oxygen atoms in total. The van der Waals surface area contributed by atoms with Crippen LogP contribution < -0.4 is 0 Å². The van der Waals surface area contributed by atoms with Crippen molar-refractivity contribution in [2.24, 2.45) is 0 Å². The van der Waals surface area contributed by atoms with Crippen molar-refractivity contribution in [2.75, 3.05) is 0 Å². The molecule has 0 amide bonds. The fourth-order valence-corrected chi connectivity index (χ4v) is 4.49. The van der Waals surface area contributed by atoms with E-state index in [2.05, 4.69) is 9.97 Å². The molecule has 4 aromatic carbocycles. The van der Waals surface area contributed by atoms with Crippen LogP contribution in [0.15, 0.2) is 71.6 Å². The first kappa shape index (κ1) is 22.6. The summed E-state index contributed by atoms with van der Waals surface area (Å²) in [6, 6.07) is 18.8. The zero-order chi connectivity index (χ0) is 22.6. The van der Waals surface area contributed by atoms with Crippen LogP contribution >= 0.6 is 12.4 Å². The molecule has 5 aromatic rings. The highest BCUT2D eigenvalue weighted by atomic mass is 35.5. The molecule has 0 unspecified atom stereocenters. The number of aromatic hydroxyl groups is 2. The van der Waals surface area contributed by atoms with Gasteiger partial charge in [-0.1, -0.05) is 36.4 Å². The summed E-state index contributed by atoms with van der Waals surface area (Å²) in [5.74, 6) is 0.129. The third kappa shape index (κ3) is 3.89. The smallest absolute Gasteiger partial charge is 0.294 e. The largest absolute Gasteiger partial charge is 0.507 e. The lowest BCUT2D eigenvalue weighted by molar-refractivity contribution is 0.471. The van der Waals surface area contributed by atoms with E-state index in [1.807, 2.05) is 37.3 Å². The second-order valence-corrected chi connectivity index (χ2v) is 9.03. The van der Waals surface area contributed by atoms with Gasteiger partial charge in [0, 0.05) is 6.07 Å². The van der Waals surface area contributed by atoms with E-state index in [0.717, 1.165) is 22.8 Å². The lowest BCUT2D eigenvalue weighted by Crippen LogP contribution is -1.97. The number of aromatic nitrogens is 2. The third-order valence-corrected chi connectivity index (χ3v) is 6.36. The van der Waals surface area contributed by atoms with Gasteiger partial charge in [-0.25, -0.2) is 4.98 Å². The quantitative estimate of drug-likeness (QED) is 0.254. The summed E-state index contributed by atoms with van der Waals surface area (Å²) in [5.41, 5.74) is 4.49. The van der Waals surface area contributed by atoms with Crippen molar-refractivity contribution >= 4 is 44.3 Å². The highest BCUT2D eigenvalue weighted by Gasteiger charge is 2.18. The van der Waals surface area contributed by atoms with E-state index in [1.54, 1.807) is 24.3 Å². The van der Waals surface area contributed by atoms with Crippen molar-refractivity contribution in [3.63, 3.8) is 0 Å². The molecule has 0 radical (unpaired) electrons. The monoisotopic (exact) mass is 482 g/mol. The van der Waals surface area contributed by atoms with Crippen molar-refractivity contribution in [1.29, 1.82) is 0 Å². The molecular weight excluding hydrogens is 464 g/mol. The number of aromatic amines is 1. The van der Waals surface area contributed by atoms with E-state index in [-0.39, 0.29) is 23.9 Å². The maximum atomic E-state index is 11.5. The lowest BCUT2D eigenvalue weighted by Gasteiger charge is -2.08. The number of fused-ring (bicyclic) bond motifs is 3. The summed E-state index contributed by atoms with van der Waals surface area (Å²) in [6.07, 6.45) is 0. The van der Waals surface area contributed by atoms with Gasteiger partial charge in [0.25, 0.3) is 10.1 Å². The van der Waals surface area contributed by atoms with Gasteiger partial charge in [-0.15, -0.1) is 12.4 Å². The molecule has 0 saturated heterocycles. The molecule has 1 heterocycles. The molecule has 5 rings (SSSR count). The number of benzene rings is 4. The highest BCUT2D eigenvalue weighted by Crippen LogP contribution is 2.37. The molecule has 0 fully saturated rings. The number of rotatable bonds is 3. The second kappa shape index (κ2) is 8.08. The minimum absolute atomic E-state index is 0. The molecule has 0 aliphatic carbocycles. The molecule has 9 heteroatoms. The number of hydrogen-bond donors (Lipinski definition) is 4. The standard InChI is InChI=1S/C24H18N2O5S.ClH/c1-13-4-2-3-5-17(13)14-6-8-18(20(27)11-14)24-25-19-9-7-15-10-16(32(29,30)31)12-21(28)22(15)23(19)26-24;/h2-12,27-28H,1H3,(H,25,26)(H,29,30,31);1H. The summed E-state index contributed by atoms with van der Waals surface area (Å²) in [4.78, 5) is 7.29. The normalized spacial score (nSPS) is 11.6. The first-order valence-corrected chi connectivity index (χ1v) is 11.2. The molecule has 33 heavy (non-hydrogen) atoms. The maximum absolute atomic E-state index is 11.5. The number of hydrogen-bond acceptors (Lipinski definition) is 5. The van der Waals surface area contributed by atoms with Gasteiger partial charge in [0.05, 0.1) is 21.4 Å². The van der Waals surface area contributed by atoms with Crippen molar-refractivity contribution in [2.45, 2.75) is 11.8 Å². The van der Waals surface area contributed by atoms with Gasteiger partial charge in [0.2, 0.25) is 0 Å². The number of nitrogens with one attached hydrogen (secondary N) is 1. The van der Waals surface area contributed by atoms with Gasteiger partial charge in [-0.2, -0.15) is 8.42 Å². The Morgan fingerprint density at radius 3 is 2.33 bits per heavy atom. The number of halogens is 1. The zero-order valence-corrected chi connectivity index (χ0v) is 18.9.